The summed E-state index contributed by atoms with van der Waals surface area (Å²) in [4.78, 5) is 2.03. The van der Waals surface area contributed by atoms with Crippen LogP contribution in [0.3, 0.4) is 0 Å². The molecule has 26 heavy (non-hydrogen) atoms. The topological polar surface area (TPSA) is 32.7 Å². The minimum atomic E-state index is -1.89. The molecule has 1 heterocycles. The van der Waals surface area contributed by atoms with Crippen LogP contribution in [-0.2, 0) is 17.3 Å². The molecular formula is C22H35NO2Si. The molecule has 0 saturated carbocycles. The highest BCUT2D eigenvalue weighted by atomic mass is 28.4. The van der Waals surface area contributed by atoms with Crippen molar-refractivity contribution in [3.63, 3.8) is 0 Å². The first-order valence-electron chi connectivity index (χ1n) is 9.87. The molecule has 2 unspecified atom stereocenters. The Balaban J connectivity index is 1.83. The van der Waals surface area contributed by atoms with Gasteiger partial charge in [0.2, 0.25) is 0 Å². The van der Waals surface area contributed by atoms with Crippen LogP contribution in [-0.4, -0.2) is 32.8 Å². The van der Waals surface area contributed by atoms with E-state index in [1.807, 2.05) is 11.9 Å². The maximum Gasteiger partial charge on any atom is 0.192 e. The lowest BCUT2D eigenvalue weighted by molar-refractivity contribution is -0.000667. The summed E-state index contributed by atoms with van der Waals surface area (Å²) in [7, 11) is 0.106. The van der Waals surface area contributed by atoms with Crippen molar-refractivity contribution < 1.29 is 9.53 Å². The maximum atomic E-state index is 11.4. The molecule has 1 aliphatic heterocycles. The summed E-state index contributed by atoms with van der Waals surface area (Å²) in [5, 5.41) is 11.5. The number of hydrogen-bond donors (Lipinski definition) is 1. The SMILES string of the molecule is CC1C=Cc2cc3c(cc2CC1)CC(O)(CO[Si](C)(C)C(C)(C)C)N3C. The number of aliphatic hydroxyl groups is 1. The van der Waals surface area contributed by atoms with Gasteiger partial charge in [0.15, 0.2) is 14.0 Å². The Morgan fingerprint density at radius 2 is 1.96 bits per heavy atom. The van der Waals surface area contributed by atoms with Gasteiger partial charge in [-0.1, -0.05) is 45.9 Å². The zero-order chi connectivity index (χ0) is 19.3. The third-order valence-corrected chi connectivity index (χ3v) is 11.2. The van der Waals surface area contributed by atoms with Crippen LogP contribution in [0.1, 0.15) is 50.8 Å². The predicted octanol–water partition coefficient (Wildman–Crippen LogP) is 4.98. The average Bonchev–Trinajstić information content (AvgIpc) is 2.67. The van der Waals surface area contributed by atoms with Crippen molar-refractivity contribution in [1.82, 2.24) is 0 Å². The molecule has 4 heteroatoms. The van der Waals surface area contributed by atoms with Gasteiger partial charge in [-0.3, -0.25) is 0 Å². The Morgan fingerprint density at radius 1 is 1.27 bits per heavy atom. The molecule has 0 saturated heterocycles. The Kier molecular flexibility index (Phi) is 4.91. The summed E-state index contributed by atoms with van der Waals surface area (Å²) >= 11 is 0. The average molecular weight is 374 g/mol. The quantitative estimate of drug-likeness (QED) is 0.758. The van der Waals surface area contributed by atoms with Crippen LogP contribution in [0.2, 0.25) is 18.1 Å². The van der Waals surface area contributed by atoms with Gasteiger partial charge in [0.1, 0.15) is 0 Å². The summed E-state index contributed by atoms with van der Waals surface area (Å²) in [5.74, 6) is 0.630. The molecule has 144 valence electrons. The van der Waals surface area contributed by atoms with Crippen LogP contribution in [0.25, 0.3) is 6.08 Å². The number of nitrogens with zero attached hydrogens (tertiary/aromatic N) is 1. The molecule has 1 N–H and O–H groups in total. The van der Waals surface area contributed by atoms with Gasteiger partial charge in [-0.25, -0.2) is 0 Å². The van der Waals surface area contributed by atoms with Gasteiger partial charge < -0.3 is 14.4 Å². The minimum absolute atomic E-state index is 0.145. The van der Waals surface area contributed by atoms with Gasteiger partial charge in [0, 0.05) is 19.2 Å². The highest BCUT2D eigenvalue weighted by Crippen LogP contribution is 2.42. The second-order valence-electron chi connectivity index (χ2n) is 9.82. The molecule has 2 atom stereocenters. The number of hydrogen-bond acceptors (Lipinski definition) is 3. The monoisotopic (exact) mass is 373 g/mol. The van der Waals surface area contributed by atoms with Crippen molar-refractivity contribution in [2.45, 2.75) is 70.8 Å². The molecule has 0 aromatic heterocycles. The molecule has 0 amide bonds. The van der Waals surface area contributed by atoms with Crippen molar-refractivity contribution in [2.75, 3.05) is 18.6 Å². The van der Waals surface area contributed by atoms with E-state index in [4.69, 9.17) is 4.43 Å². The van der Waals surface area contributed by atoms with E-state index in [1.165, 1.54) is 23.1 Å². The lowest BCUT2D eigenvalue weighted by atomic mass is 9.97. The van der Waals surface area contributed by atoms with Crippen LogP contribution in [0.5, 0.6) is 0 Å². The number of allylic oxidation sites excluding steroid dienone is 1. The third kappa shape index (κ3) is 3.51. The Bertz CT molecular complexity index is 720. The first-order chi connectivity index (χ1) is 11.9. The number of benzene rings is 1. The van der Waals surface area contributed by atoms with Crippen LogP contribution in [0.4, 0.5) is 5.69 Å². The van der Waals surface area contributed by atoms with E-state index >= 15 is 0 Å². The molecule has 1 aromatic rings. The second kappa shape index (κ2) is 6.50. The number of anilines is 1. The Labute approximate surface area is 160 Å². The van der Waals surface area contributed by atoms with Crippen molar-refractivity contribution in [1.29, 1.82) is 0 Å². The van der Waals surface area contributed by atoms with Gasteiger partial charge >= 0.3 is 0 Å². The predicted molar refractivity (Wildman–Crippen MR) is 113 cm³/mol. The standard InChI is InChI=1S/C22H35NO2Si/c1-16-8-10-17-12-19-14-22(24,15-25-26(6,7)21(2,3)4)23(5)20(19)13-18(17)11-9-16/h9,11-13,16,24H,8,10,14-15H2,1-7H3. The third-order valence-electron chi connectivity index (χ3n) is 6.74. The fraction of sp³-hybridized carbons (Fsp3) is 0.636. The van der Waals surface area contributed by atoms with Gasteiger partial charge in [0.05, 0.1) is 6.61 Å². The van der Waals surface area contributed by atoms with E-state index in [-0.39, 0.29) is 5.04 Å². The van der Waals surface area contributed by atoms with Crippen molar-refractivity contribution >= 4 is 20.1 Å². The molecule has 3 rings (SSSR count). The smallest absolute Gasteiger partial charge is 0.192 e. The van der Waals surface area contributed by atoms with Gasteiger partial charge in [-0.2, -0.15) is 0 Å². The number of aryl methyl sites for hydroxylation is 1. The van der Waals surface area contributed by atoms with Crippen LogP contribution in [0, 0.1) is 5.92 Å². The molecular weight excluding hydrogens is 338 g/mol. The summed E-state index contributed by atoms with van der Waals surface area (Å²) in [6.07, 6.45) is 7.50. The van der Waals surface area contributed by atoms with Crippen LogP contribution >= 0.6 is 0 Å². The molecule has 1 aliphatic carbocycles. The Morgan fingerprint density at radius 3 is 2.62 bits per heavy atom. The lowest BCUT2D eigenvalue weighted by Crippen LogP contribution is -2.52. The molecule has 0 bridgehead atoms. The largest absolute Gasteiger partial charge is 0.412 e. The normalized spacial score (nSPS) is 25.8. The fourth-order valence-electron chi connectivity index (χ4n) is 3.58. The van der Waals surface area contributed by atoms with Crippen molar-refractivity contribution in [2.24, 2.45) is 5.92 Å². The molecule has 0 radical (unpaired) electrons. The molecule has 1 aromatic carbocycles. The lowest BCUT2D eigenvalue weighted by Gasteiger charge is -2.40. The first-order valence-corrected chi connectivity index (χ1v) is 12.8. The van der Waals surface area contributed by atoms with Gasteiger partial charge in [0.25, 0.3) is 0 Å². The van der Waals surface area contributed by atoms with E-state index in [1.54, 1.807) is 0 Å². The van der Waals surface area contributed by atoms with Crippen molar-refractivity contribution in [3.8, 4) is 0 Å². The second-order valence-corrected chi connectivity index (χ2v) is 14.6. The summed E-state index contributed by atoms with van der Waals surface area (Å²) in [6.45, 7) is 13.8. The van der Waals surface area contributed by atoms with E-state index in [9.17, 15) is 5.11 Å². The van der Waals surface area contributed by atoms with Crippen LogP contribution in [0.15, 0.2) is 18.2 Å². The Hall–Kier alpha value is -1.10. The molecule has 0 fully saturated rings. The minimum Gasteiger partial charge on any atom is -0.412 e. The van der Waals surface area contributed by atoms with Gasteiger partial charge in [-0.15, -0.1) is 0 Å². The zero-order valence-corrected chi connectivity index (χ0v) is 18.5. The summed E-state index contributed by atoms with van der Waals surface area (Å²) < 4.78 is 6.38. The molecule has 0 spiro atoms. The van der Waals surface area contributed by atoms with E-state index in [0.29, 0.717) is 18.9 Å². The number of likely N-dealkylation sites (N-methyl/N-ethyl adjacent to an activating group) is 1. The van der Waals surface area contributed by atoms with Crippen LogP contribution < -0.4 is 4.90 Å². The summed E-state index contributed by atoms with van der Waals surface area (Å²) in [5.41, 5.74) is 4.15. The summed E-state index contributed by atoms with van der Waals surface area (Å²) in [6, 6.07) is 4.57. The van der Waals surface area contributed by atoms with E-state index < -0.39 is 14.0 Å². The molecule has 2 aliphatic rings. The maximum absolute atomic E-state index is 11.4. The first kappa shape index (κ1) is 19.7. The highest BCUT2D eigenvalue weighted by molar-refractivity contribution is 6.74. The highest BCUT2D eigenvalue weighted by Gasteiger charge is 2.44. The van der Waals surface area contributed by atoms with E-state index in [0.717, 1.165) is 12.1 Å². The molecule has 3 nitrogen and oxygen atoms in total. The number of fused-ring (bicyclic) bond motifs is 2. The van der Waals surface area contributed by atoms with Gasteiger partial charge in [-0.05, 0) is 59.6 Å². The zero-order valence-electron chi connectivity index (χ0n) is 17.5. The fourth-order valence-corrected chi connectivity index (χ4v) is 4.61. The van der Waals surface area contributed by atoms with E-state index in [2.05, 4.69) is 65.1 Å². The van der Waals surface area contributed by atoms with Crippen molar-refractivity contribution in [3.05, 3.63) is 34.9 Å². The number of rotatable bonds is 3.